The van der Waals surface area contributed by atoms with Crippen LogP contribution in [0.1, 0.15) is 148 Å². The van der Waals surface area contributed by atoms with Gasteiger partial charge in [0.25, 0.3) is 0 Å². The highest BCUT2D eigenvalue weighted by Crippen LogP contribution is 2.48. The molecule has 0 radical (unpaired) electrons. The summed E-state index contributed by atoms with van der Waals surface area (Å²) in [6.07, 6.45) is -4.25. The molecule has 3 aliphatic carbocycles. The number of amides is 9. The first-order valence-corrected chi connectivity index (χ1v) is 44.0. The van der Waals surface area contributed by atoms with E-state index in [1.807, 2.05) is 164 Å². The molecule has 0 unspecified atom stereocenters. The molecule has 0 fully saturated rings. The molecular weight excluding hydrogens is 1640 g/mol. The molecule has 0 bridgehead atoms. The summed E-state index contributed by atoms with van der Waals surface area (Å²) in [6.45, 7) is -0.348. The summed E-state index contributed by atoms with van der Waals surface area (Å²) >= 11 is 0. The second-order valence-corrected chi connectivity index (χ2v) is 32.3. The lowest BCUT2D eigenvalue weighted by Crippen LogP contribution is -2.51. The lowest BCUT2D eigenvalue weighted by molar-refractivity contribution is -0.121. The summed E-state index contributed by atoms with van der Waals surface area (Å²) in [6, 6.07) is 90.4. The minimum atomic E-state index is -1.47. The van der Waals surface area contributed by atoms with Crippen molar-refractivity contribution in [2.75, 3.05) is 55.4 Å². The number of ether oxygens (including phenoxy) is 6. The lowest BCUT2D eigenvalue weighted by Gasteiger charge is -2.29. The molecule has 3 aliphatic rings. The molecule has 3 atom stereocenters. The van der Waals surface area contributed by atoms with Gasteiger partial charge in [-0.2, -0.15) is 14.7 Å². The van der Waals surface area contributed by atoms with Crippen LogP contribution in [-0.2, 0) is 62.6 Å². The predicted molar refractivity (Wildman–Crippen MR) is 497 cm³/mol. The van der Waals surface area contributed by atoms with Crippen molar-refractivity contribution in [1.82, 2.24) is 14.7 Å². The van der Waals surface area contributed by atoms with Crippen LogP contribution in [0.3, 0.4) is 0 Å². The highest BCUT2D eigenvalue weighted by Gasteiger charge is 2.43. The fourth-order valence-electron chi connectivity index (χ4n) is 17.5. The quantitative estimate of drug-likeness (QED) is 0.0121. The maximum absolute atomic E-state index is 15.2. The second kappa shape index (κ2) is 43.6. The Bertz CT molecular complexity index is 5260. The molecule has 15 rings (SSSR count). The Kier molecular flexibility index (Phi) is 30.1. The first kappa shape index (κ1) is 90.0. The Hall–Kier alpha value is -14.9. The van der Waals surface area contributed by atoms with Crippen LogP contribution in [-0.4, -0.2) is 127 Å². The van der Waals surface area contributed by atoms with Crippen molar-refractivity contribution in [2.24, 2.45) is 17.2 Å². The monoisotopic (exact) mass is 1740 g/mol. The van der Waals surface area contributed by atoms with Gasteiger partial charge < -0.3 is 61.6 Å². The zero-order valence-corrected chi connectivity index (χ0v) is 71.9. The molecule has 24 heteroatoms. The van der Waals surface area contributed by atoms with Gasteiger partial charge in [0.05, 0.1) is 0 Å². The van der Waals surface area contributed by atoms with Crippen molar-refractivity contribution in [3.63, 3.8) is 0 Å². The van der Waals surface area contributed by atoms with Crippen LogP contribution in [0.2, 0.25) is 0 Å². The number of nitrogens with one attached hydrogen (secondary N) is 3. The highest BCUT2D eigenvalue weighted by atomic mass is 16.6. The number of carbonyl (C=O) groups excluding carboxylic acids is 9. The predicted octanol–water partition coefficient (Wildman–Crippen LogP) is 19.9. The van der Waals surface area contributed by atoms with Crippen LogP contribution >= 0.6 is 0 Å². The van der Waals surface area contributed by atoms with E-state index in [0.29, 0.717) is 71.9 Å². The molecule has 24 nitrogen and oxygen atoms in total. The summed E-state index contributed by atoms with van der Waals surface area (Å²) in [4.78, 5) is 137. The number of carbonyl (C=O) groups is 9. The number of nitrogens with zero attached hydrogens (tertiary/aromatic N) is 3. The Labute approximate surface area is 755 Å². The van der Waals surface area contributed by atoms with Crippen molar-refractivity contribution in [3.05, 3.63) is 376 Å². The van der Waals surface area contributed by atoms with Crippen molar-refractivity contribution in [2.45, 2.75) is 119 Å². The Morgan fingerprint density at radius 3 is 0.685 bits per heavy atom. The Morgan fingerprint density at radius 1 is 0.254 bits per heavy atom. The van der Waals surface area contributed by atoms with Crippen LogP contribution < -0.4 is 33.2 Å². The molecule has 9 N–H and O–H groups in total. The van der Waals surface area contributed by atoms with Crippen LogP contribution in [0.25, 0.3) is 33.4 Å². The molecule has 662 valence electrons. The van der Waals surface area contributed by atoms with E-state index in [0.717, 1.165) is 81.5 Å². The van der Waals surface area contributed by atoms with E-state index in [2.05, 4.69) is 16.0 Å². The maximum atomic E-state index is 15.2. The summed E-state index contributed by atoms with van der Waals surface area (Å²) < 4.78 is 36.0. The third kappa shape index (κ3) is 21.4. The zero-order chi connectivity index (χ0) is 90.2. The molecule has 0 saturated carbocycles. The molecule has 0 heterocycles. The van der Waals surface area contributed by atoms with Crippen molar-refractivity contribution >= 4 is 71.3 Å². The van der Waals surface area contributed by atoms with E-state index in [-0.39, 0.29) is 113 Å². The average Bonchev–Trinajstić information content (AvgIpc) is 1.60. The number of fused-ring (bicyclic) bond motifs is 9. The molecule has 12 aromatic carbocycles. The normalized spacial score (nSPS) is 12.8. The van der Waals surface area contributed by atoms with Gasteiger partial charge in [0.2, 0.25) is 17.7 Å². The van der Waals surface area contributed by atoms with Gasteiger partial charge >= 0.3 is 36.6 Å². The van der Waals surface area contributed by atoms with E-state index >= 15 is 14.4 Å². The molecule has 9 amide bonds. The number of benzene rings is 12. The van der Waals surface area contributed by atoms with E-state index in [1.54, 1.807) is 146 Å². The van der Waals surface area contributed by atoms with Crippen LogP contribution in [0.15, 0.2) is 309 Å². The van der Waals surface area contributed by atoms with Crippen molar-refractivity contribution in [1.29, 1.82) is 0 Å². The fraction of sp³-hybridized carbons (Fsp3) is 0.236. The van der Waals surface area contributed by atoms with E-state index in [1.165, 1.54) is 0 Å². The lowest BCUT2D eigenvalue weighted by atomic mass is 9.85. The zero-order valence-electron chi connectivity index (χ0n) is 71.9. The number of anilines is 3. The van der Waals surface area contributed by atoms with Gasteiger partial charge in [-0.15, -0.1) is 0 Å². The highest BCUT2D eigenvalue weighted by molar-refractivity contribution is 6.04. The summed E-state index contributed by atoms with van der Waals surface area (Å²) in [5.74, 6) is -3.99. The van der Waals surface area contributed by atoms with Gasteiger partial charge in [0, 0.05) is 40.7 Å². The molecule has 0 aliphatic heterocycles. The first-order chi connectivity index (χ1) is 63.6. The maximum Gasteiger partial charge on any atom is 0.420 e. The number of unbranched alkanes of at least 4 members (excludes halogenated alkanes) is 3. The van der Waals surface area contributed by atoms with Crippen LogP contribution in [0, 0.1) is 0 Å². The summed E-state index contributed by atoms with van der Waals surface area (Å²) in [7, 11) is 0. The van der Waals surface area contributed by atoms with Crippen LogP contribution in [0.4, 0.5) is 45.8 Å². The van der Waals surface area contributed by atoms with Gasteiger partial charge in [-0.3, -0.25) is 14.4 Å². The van der Waals surface area contributed by atoms with E-state index in [4.69, 9.17) is 45.6 Å². The third-order valence-electron chi connectivity index (χ3n) is 24.0. The molecule has 0 aromatic heterocycles. The Balaban J connectivity index is 0.731. The minimum Gasteiger partial charge on any atom is -0.448 e. The SMILES string of the molecule is NCCCC[C@H](C(=O)Nc1ccc(C(c2ccc(NC(=O)[C@@H](CCCCN)N(C(=O)OCc3ccccc3)C(=O)OCC3c4ccccc4-c4ccccc43)cc2)c2ccc(NC(=O)[C@@H](CCCCN)N(C(=O)OCc3ccccc3)C(=O)OCC3c4ccccc4-c4ccccc43)cc2)cc1)N(C(=O)OCc1ccccc1)C(=O)OCC1c2ccccc2-c2ccccc21. The van der Waals surface area contributed by atoms with Gasteiger partial charge in [-0.25, -0.2) is 28.8 Å². The molecule has 0 spiro atoms. The van der Waals surface area contributed by atoms with Crippen molar-refractivity contribution < 1.29 is 71.6 Å². The minimum absolute atomic E-state index is 0.0130. The van der Waals surface area contributed by atoms with Gasteiger partial charge in [-0.05, 0) is 214 Å². The summed E-state index contributed by atoms with van der Waals surface area (Å²) in [5.41, 5.74) is 34.5. The Morgan fingerprint density at radius 2 is 0.462 bits per heavy atom. The number of imide groups is 3. The van der Waals surface area contributed by atoms with E-state index in [9.17, 15) is 28.8 Å². The average molecular weight is 1740 g/mol. The van der Waals surface area contributed by atoms with Gasteiger partial charge in [-0.1, -0.05) is 273 Å². The standard InChI is InChI=1S/C106H103N9O15/c107-61-25-22-46-94(113(101(119)125-64-70-28-4-1-5-29-70)104(122)128-67-91-85-40-16-10-34-79(85)80-35-11-17-41-86(80)91)98(116)110-76-55-49-73(50-56-76)97(74-51-57-77(58-52-74)111-99(117)95(47-23-26-62-108)114(102(120)126-65-71-30-6-2-7-31-71)105(123)129-68-92-87-42-18-12-36-81(87)82-37-13-19-43-88(82)92)75-53-59-78(60-54-75)112-100(118)96(48-24-27-63-109)115(103(121)127-66-72-32-8-3-9-33-72)106(124)130-69-93-89-44-20-14-38-83(89)84-39-15-21-45-90(84)93/h1-21,28-45,49-60,91-97H,22-27,46-48,61-69,107-109H2,(H,110,116)(H,111,117)(H,112,118)/t94-,95-,96-/m1/s1. The topological polar surface area (TPSA) is 333 Å². The van der Waals surface area contributed by atoms with Gasteiger partial charge in [0.1, 0.15) is 57.8 Å². The number of hydrogen-bond acceptors (Lipinski definition) is 18. The number of hydrogen-bond donors (Lipinski definition) is 6. The van der Waals surface area contributed by atoms with Crippen molar-refractivity contribution in [3.8, 4) is 33.4 Å². The van der Waals surface area contributed by atoms with Crippen LogP contribution in [0.5, 0.6) is 0 Å². The molecule has 130 heavy (non-hydrogen) atoms. The smallest absolute Gasteiger partial charge is 0.420 e. The molecule has 0 saturated heterocycles. The third-order valence-corrected chi connectivity index (χ3v) is 24.0. The van der Waals surface area contributed by atoms with Gasteiger partial charge in [0.15, 0.2) is 0 Å². The first-order valence-electron chi connectivity index (χ1n) is 44.0. The molecule has 12 aromatic rings. The second-order valence-electron chi connectivity index (χ2n) is 32.3. The fourth-order valence-corrected chi connectivity index (χ4v) is 17.5. The molecular formula is C106H103N9O15. The number of rotatable bonds is 36. The largest absolute Gasteiger partial charge is 0.448 e. The number of nitrogens with two attached hydrogens (primary N) is 3. The van der Waals surface area contributed by atoms with E-state index < -0.39 is 78.3 Å². The summed E-state index contributed by atoms with van der Waals surface area (Å²) in [5, 5.41) is 8.96.